The Morgan fingerprint density at radius 1 is 1.29 bits per heavy atom. The SMILES string of the molecule is Cc1cnn(CCC(=O)N2CC3(CCN(c4ccc(C#N)c(C(F)(F)F)c4)CC3)CC2C(N)=O)c1. The number of anilines is 1. The van der Waals surface area contributed by atoms with Gasteiger partial charge >= 0.3 is 6.18 Å². The van der Waals surface area contributed by atoms with E-state index in [1.807, 2.05) is 18.0 Å². The topological polar surface area (TPSA) is 108 Å². The van der Waals surface area contributed by atoms with E-state index in [2.05, 4.69) is 5.10 Å². The summed E-state index contributed by atoms with van der Waals surface area (Å²) in [5.74, 6) is -0.710. The Morgan fingerprint density at radius 3 is 2.57 bits per heavy atom. The number of hydrogen-bond acceptors (Lipinski definition) is 5. The van der Waals surface area contributed by atoms with Gasteiger partial charge < -0.3 is 15.5 Å². The summed E-state index contributed by atoms with van der Waals surface area (Å²) in [6, 6.07) is 4.65. The summed E-state index contributed by atoms with van der Waals surface area (Å²) in [6.07, 6.45) is 0.797. The lowest BCUT2D eigenvalue weighted by Crippen LogP contribution is -2.44. The van der Waals surface area contributed by atoms with Crippen molar-refractivity contribution in [3.05, 3.63) is 47.3 Å². The first-order chi connectivity index (χ1) is 16.5. The number of alkyl halides is 3. The Morgan fingerprint density at radius 2 is 2.00 bits per heavy atom. The number of piperidine rings is 1. The highest BCUT2D eigenvalue weighted by Gasteiger charge is 2.49. The Bertz CT molecular complexity index is 1160. The van der Waals surface area contributed by atoms with Crippen LogP contribution in [0.2, 0.25) is 0 Å². The van der Waals surface area contributed by atoms with E-state index in [0.717, 1.165) is 11.6 Å². The minimum Gasteiger partial charge on any atom is -0.371 e. The highest BCUT2D eigenvalue weighted by Crippen LogP contribution is 2.45. The quantitative estimate of drug-likeness (QED) is 0.696. The molecule has 186 valence electrons. The lowest BCUT2D eigenvalue weighted by atomic mass is 9.76. The zero-order valence-electron chi connectivity index (χ0n) is 19.4. The second-order valence-corrected chi connectivity index (χ2v) is 9.50. The number of hydrogen-bond donors (Lipinski definition) is 1. The molecule has 2 fully saturated rings. The van der Waals surface area contributed by atoms with E-state index in [0.29, 0.717) is 51.1 Å². The van der Waals surface area contributed by atoms with Gasteiger partial charge in [-0.3, -0.25) is 14.3 Å². The summed E-state index contributed by atoms with van der Waals surface area (Å²) >= 11 is 0. The van der Waals surface area contributed by atoms with Crippen LogP contribution in [0.5, 0.6) is 0 Å². The standard InChI is InChI=1S/C24H27F3N6O2/c1-16-13-30-32(14-16)7-4-21(34)33-15-23(11-20(33)22(29)35)5-8-31(9-6-23)18-3-2-17(12-28)19(10-18)24(25,26)27/h2-3,10,13-14,20H,4-9,11,15H2,1H3,(H2,29,35). The molecule has 0 bridgehead atoms. The summed E-state index contributed by atoms with van der Waals surface area (Å²) in [6.45, 7) is 3.65. The van der Waals surface area contributed by atoms with Crippen molar-refractivity contribution in [2.75, 3.05) is 24.5 Å². The first-order valence-corrected chi connectivity index (χ1v) is 11.5. The zero-order valence-corrected chi connectivity index (χ0v) is 19.4. The number of aromatic nitrogens is 2. The number of nitriles is 1. The van der Waals surface area contributed by atoms with Crippen LogP contribution in [0.15, 0.2) is 30.6 Å². The van der Waals surface area contributed by atoms with Crippen LogP contribution in [-0.2, 0) is 22.3 Å². The summed E-state index contributed by atoms with van der Waals surface area (Å²) in [5, 5.41) is 13.2. The van der Waals surface area contributed by atoms with Crippen molar-refractivity contribution in [2.24, 2.45) is 11.1 Å². The number of rotatable bonds is 5. The molecule has 4 rings (SSSR count). The van der Waals surface area contributed by atoms with Crippen molar-refractivity contribution in [3.8, 4) is 6.07 Å². The van der Waals surface area contributed by atoms with Crippen LogP contribution in [0.4, 0.5) is 18.9 Å². The average Bonchev–Trinajstić information content (AvgIpc) is 3.41. The van der Waals surface area contributed by atoms with Crippen molar-refractivity contribution in [1.82, 2.24) is 14.7 Å². The van der Waals surface area contributed by atoms with Gasteiger partial charge in [-0.2, -0.15) is 23.5 Å². The van der Waals surface area contributed by atoms with Crippen LogP contribution in [0.25, 0.3) is 0 Å². The molecule has 2 saturated heterocycles. The number of carbonyl (C=O) groups excluding carboxylic acids is 2. The Kier molecular flexibility index (Phi) is 6.49. The van der Waals surface area contributed by atoms with Crippen LogP contribution in [0.1, 0.15) is 42.4 Å². The molecule has 1 atom stereocenters. The fourth-order valence-electron chi connectivity index (χ4n) is 5.18. The molecular formula is C24H27F3N6O2. The molecule has 3 heterocycles. The highest BCUT2D eigenvalue weighted by atomic mass is 19.4. The maximum absolute atomic E-state index is 13.4. The van der Waals surface area contributed by atoms with Crippen molar-refractivity contribution < 1.29 is 22.8 Å². The maximum atomic E-state index is 13.4. The van der Waals surface area contributed by atoms with Gasteiger partial charge in [0.25, 0.3) is 0 Å². The lowest BCUT2D eigenvalue weighted by Gasteiger charge is -2.40. The van der Waals surface area contributed by atoms with Gasteiger partial charge in [-0.05, 0) is 55.4 Å². The normalized spacial score (nSPS) is 19.7. The molecule has 2 aromatic rings. The van der Waals surface area contributed by atoms with Gasteiger partial charge in [-0.25, -0.2) is 0 Å². The minimum absolute atomic E-state index is 0.164. The second-order valence-electron chi connectivity index (χ2n) is 9.50. The summed E-state index contributed by atoms with van der Waals surface area (Å²) < 4.78 is 41.8. The molecular weight excluding hydrogens is 461 g/mol. The highest BCUT2D eigenvalue weighted by molar-refractivity contribution is 5.87. The molecule has 2 N–H and O–H groups in total. The molecule has 11 heteroatoms. The van der Waals surface area contributed by atoms with Gasteiger partial charge in [0.1, 0.15) is 6.04 Å². The van der Waals surface area contributed by atoms with E-state index in [9.17, 15) is 22.8 Å². The third-order valence-corrected chi connectivity index (χ3v) is 7.09. The number of nitrogens with zero attached hydrogens (tertiary/aromatic N) is 5. The van der Waals surface area contributed by atoms with Crippen molar-refractivity contribution in [2.45, 2.75) is 51.4 Å². The van der Waals surface area contributed by atoms with Crippen molar-refractivity contribution >= 4 is 17.5 Å². The fraction of sp³-hybridized carbons (Fsp3) is 0.500. The first kappa shape index (κ1) is 24.6. The zero-order chi connectivity index (χ0) is 25.4. The van der Waals surface area contributed by atoms with Gasteiger partial charge in [-0.1, -0.05) is 0 Å². The largest absolute Gasteiger partial charge is 0.417 e. The van der Waals surface area contributed by atoms with E-state index < -0.39 is 29.3 Å². The molecule has 2 aliphatic heterocycles. The minimum atomic E-state index is -4.62. The number of likely N-dealkylation sites (tertiary alicyclic amines) is 1. The van der Waals surface area contributed by atoms with Crippen LogP contribution < -0.4 is 10.6 Å². The number of benzene rings is 1. The van der Waals surface area contributed by atoms with Gasteiger partial charge in [0, 0.05) is 44.5 Å². The van der Waals surface area contributed by atoms with Crippen LogP contribution in [0, 0.1) is 23.7 Å². The number of amides is 2. The van der Waals surface area contributed by atoms with E-state index in [4.69, 9.17) is 11.0 Å². The van der Waals surface area contributed by atoms with E-state index in [1.54, 1.807) is 21.8 Å². The molecule has 1 spiro atoms. The lowest BCUT2D eigenvalue weighted by molar-refractivity contribution is -0.138. The van der Waals surface area contributed by atoms with Gasteiger partial charge in [0.2, 0.25) is 11.8 Å². The van der Waals surface area contributed by atoms with E-state index in [1.165, 1.54) is 12.1 Å². The van der Waals surface area contributed by atoms with E-state index >= 15 is 0 Å². The predicted octanol–water partition coefficient (Wildman–Crippen LogP) is 2.85. The molecule has 35 heavy (non-hydrogen) atoms. The van der Waals surface area contributed by atoms with E-state index in [-0.39, 0.29) is 17.7 Å². The molecule has 0 saturated carbocycles. The van der Waals surface area contributed by atoms with Crippen LogP contribution in [-0.4, -0.2) is 52.2 Å². The molecule has 0 aliphatic carbocycles. The monoisotopic (exact) mass is 488 g/mol. The predicted molar refractivity (Wildman–Crippen MR) is 121 cm³/mol. The number of carbonyl (C=O) groups is 2. The second kappa shape index (κ2) is 9.24. The fourth-order valence-corrected chi connectivity index (χ4v) is 5.18. The smallest absolute Gasteiger partial charge is 0.371 e. The average molecular weight is 489 g/mol. The molecule has 2 aliphatic rings. The summed E-state index contributed by atoms with van der Waals surface area (Å²) in [4.78, 5) is 28.6. The molecule has 1 unspecified atom stereocenters. The first-order valence-electron chi connectivity index (χ1n) is 11.5. The summed E-state index contributed by atoms with van der Waals surface area (Å²) in [5.41, 5.74) is 5.36. The number of halogens is 3. The molecule has 1 aromatic carbocycles. The summed E-state index contributed by atoms with van der Waals surface area (Å²) in [7, 11) is 0. The number of aryl methyl sites for hydroxylation is 2. The molecule has 8 nitrogen and oxygen atoms in total. The Hall–Kier alpha value is -3.55. The van der Waals surface area contributed by atoms with Crippen LogP contribution >= 0.6 is 0 Å². The maximum Gasteiger partial charge on any atom is 0.417 e. The number of primary amides is 1. The van der Waals surface area contributed by atoms with Crippen molar-refractivity contribution in [1.29, 1.82) is 5.26 Å². The molecule has 2 amide bonds. The van der Waals surface area contributed by atoms with Gasteiger partial charge in [0.15, 0.2) is 0 Å². The van der Waals surface area contributed by atoms with Crippen LogP contribution in [0.3, 0.4) is 0 Å². The Balaban J connectivity index is 1.44. The molecule has 0 radical (unpaired) electrons. The third-order valence-electron chi connectivity index (χ3n) is 7.09. The van der Waals surface area contributed by atoms with Gasteiger partial charge in [-0.15, -0.1) is 0 Å². The van der Waals surface area contributed by atoms with Crippen molar-refractivity contribution in [3.63, 3.8) is 0 Å². The third kappa shape index (κ3) is 5.11. The van der Waals surface area contributed by atoms with Gasteiger partial charge in [0.05, 0.1) is 23.4 Å². The number of nitrogens with two attached hydrogens (primary N) is 1. The Labute approximate surface area is 201 Å². The molecule has 1 aromatic heterocycles.